The van der Waals surface area contributed by atoms with Crippen LogP contribution in [0, 0.1) is 6.92 Å². The van der Waals surface area contributed by atoms with Crippen LogP contribution in [0.2, 0.25) is 0 Å². The second kappa shape index (κ2) is 10.7. The Labute approximate surface area is 203 Å². The summed E-state index contributed by atoms with van der Waals surface area (Å²) in [5, 5.41) is 23.4. The maximum absolute atomic E-state index is 12.3. The first-order chi connectivity index (χ1) is 16.9. The zero-order chi connectivity index (χ0) is 24.9. The number of amides is 1. The largest absolute Gasteiger partial charge is 0.464 e. The predicted octanol–water partition coefficient (Wildman–Crippen LogP) is 3.50. The number of pyridine rings is 1. The first kappa shape index (κ1) is 24.4. The molecular weight excluding hydrogens is 448 g/mol. The van der Waals surface area contributed by atoms with E-state index in [0.29, 0.717) is 11.1 Å². The SMILES string of the molecule is COC(=O)c1ncc(C(O)C(O)CCNC(=O)OCC2c3ccccc3-c3ccccc32)cc1C. The number of carbonyl (C=O) groups excluding carboxylic acids is 2. The summed E-state index contributed by atoms with van der Waals surface area (Å²) in [5.41, 5.74) is 5.59. The smallest absolute Gasteiger partial charge is 0.407 e. The fraction of sp³-hybridized carbons (Fsp3) is 0.296. The molecule has 182 valence electrons. The third kappa shape index (κ3) is 5.18. The Morgan fingerprint density at radius 3 is 2.29 bits per heavy atom. The van der Waals surface area contributed by atoms with Crippen LogP contribution in [0.25, 0.3) is 11.1 Å². The van der Waals surface area contributed by atoms with E-state index in [4.69, 9.17) is 4.74 Å². The van der Waals surface area contributed by atoms with Crippen molar-refractivity contribution >= 4 is 12.1 Å². The van der Waals surface area contributed by atoms with Gasteiger partial charge in [0.15, 0.2) is 5.69 Å². The lowest BCUT2D eigenvalue weighted by Gasteiger charge is -2.19. The van der Waals surface area contributed by atoms with Crippen LogP contribution in [0.15, 0.2) is 60.8 Å². The van der Waals surface area contributed by atoms with Crippen molar-refractivity contribution in [2.45, 2.75) is 31.5 Å². The van der Waals surface area contributed by atoms with Crippen molar-refractivity contribution in [2.75, 3.05) is 20.3 Å². The molecule has 1 amide bonds. The quantitative estimate of drug-likeness (QED) is 0.426. The van der Waals surface area contributed by atoms with Gasteiger partial charge in [0.1, 0.15) is 12.7 Å². The molecule has 2 unspecified atom stereocenters. The Hall–Kier alpha value is -3.75. The van der Waals surface area contributed by atoms with E-state index in [-0.39, 0.29) is 31.2 Å². The molecule has 2 aromatic carbocycles. The molecule has 0 radical (unpaired) electrons. The highest BCUT2D eigenvalue weighted by Gasteiger charge is 2.29. The highest BCUT2D eigenvalue weighted by molar-refractivity contribution is 5.88. The lowest BCUT2D eigenvalue weighted by atomic mass is 9.98. The fourth-order valence-corrected chi connectivity index (χ4v) is 4.42. The zero-order valence-corrected chi connectivity index (χ0v) is 19.6. The van der Waals surface area contributed by atoms with Gasteiger partial charge in [-0.15, -0.1) is 0 Å². The van der Waals surface area contributed by atoms with Gasteiger partial charge < -0.3 is 25.0 Å². The number of alkyl carbamates (subject to hydrolysis) is 1. The van der Waals surface area contributed by atoms with Crippen molar-refractivity contribution in [1.82, 2.24) is 10.3 Å². The Balaban J connectivity index is 1.28. The molecule has 2 atom stereocenters. The minimum Gasteiger partial charge on any atom is -0.464 e. The number of hydrogen-bond donors (Lipinski definition) is 3. The normalized spacial score (nSPS) is 13.9. The molecule has 4 rings (SSSR count). The third-order valence-corrected chi connectivity index (χ3v) is 6.24. The van der Waals surface area contributed by atoms with Crippen LogP contribution >= 0.6 is 0 Å². The van der Waals surface area contributed by atoms with Gasteiger partial charge in [0.2, 0.25) is 0 Å². The molecule has 8 heteroatoms. The summed E-state index contributed by atoms with van der Waals surface area (Å²) in [7, 11) is 1.26. The number of ether oxygens (including phenoxy) is 2. The molecule has 1 aliphatic rings. The van der Waals surface area contributed by atoms with Crippen LogP contribution in [0.1, 0.15) is 51.2 Å². The van der Waals surface area contributed by atoms with Gasteiger partial charge in [0, 0.05) is 24.2 Å². The number of aliphatic hydroxyl groups excluding tert-OH is 2. The lowest BCUT2D eigenvalue weighted by Crippen LogP contribution is -2.30. The van der Waals surface area contributed by atoms with E-state index in [0.717, 1.165) is 22.3 Å². The highest BCUT2D eigenvalue weighted by atomic mass is 16.5. The number of carbonyl (C=O) groups is 2. The van der Waals surface area contributed by atoms with Gasteiger partial charge in [0.25, 0.3) is 0 Å². The molecule has 1 heterocycles. The van der Waals surface area contributed by atoms with Gasteiger partial charge in [0.05, 0.1) is 13.2 Å². The van der Waals surface area contributed by atoms with Crippen molar-refractivity contribution in [3.8, 4) is 11.1 Å². The molecule has 35 heavy (non-hydrogen) atoms. The Morgan fingerprint density at radius 1 is 1.06 bits per heavy atom. The molecule has 0 aliphatic heterocycles. The molecule has 3 aromatic rings. The topological polar surface area (TPSA) is 118 Å². The standard InChI is InChI=1S/C27H28N2O6/c1-16-13-17(14-29-24(16)26(32)34-2)25(31)23(30)11-12-28-27(33)35-15-22-20-9-5-3-7-18(20)19-8-4-6-10-21(19)22/h3-10,13-14,22-23,25,30-31H,11-12,15H2,1-2H3,(H,28,33). The minimum absolute atomic E-state index is 0.0377. The molecule has 8 nitrogen and oxygen atoms in total. The fourth-order valence-electron chi connectivity index (χ4n) is 4.42. The monoisotopic (exact) mass is 476 g/mol. The van der Waals surface area contributed by atoms with Crippen molar-refractivity contribution < 1.29 is 29.3 Å². The number of esters is 1. The van der Waals surface area contributed by atoms with E-state index in [1.165, 1.54) is 13.3 Å². The van der Waals surface area contributed by atoms with Crippen LogP contribution in [-0.4, -0.2) is 53.6 Å². The van der Waals surface area contributed by atoms with E-state index in [2.05, 4.69) is 27.2 Å². The number of aliphatic hydroxyl groups is 2. The van der Waals surface area contributed by atoms with E-state index < -0.39 is 24.3 Å². The van der Waals surface area contributed by atoms with E-state index in [9.17, 15) is 19.8 Å². The van der Waals surface area contributed by atoms with Crippen LogP contribution in [0.4, 0.5) is 4.79 Å². The van der Waals surface area contributed by atoms with Crippen molar-refractivity contribution in [3.05, 3.63) is 88.7 Å². The Morgan fingerprint density at radius 2 is 1.69 bits per heavy atom. The van der Waals surface area contributed by atoms with Crippen LogP contribution < -0.4 is 5.32 Å². The number of hydrogen-bond acceptors (Lipinski definition) is 7. The Bertz CT molecular complexity index is 1180. The number of aryl methyl sites for hydroxylation is 1. The molecule has 0 bridgehead atoms. The lowest BCUT2D eigenvalue weighted by molar-refractivity contribution is 0.0134. The van der Waals surface area contributed by atoms with Gasteiger partial charge in [-0.2, -0.15) is 0 Å². The molecule has 0 saturated heterocycles. The summed E-state index contributed by atoms with van der Waals surface area (Å²) in [6, 6.07) is 17.8. The van der Waals surface area contributed by atoms with Crippen LogP contribution in [0.3, 0.4) is 0 Å². The van der Waals surface area contributed by atoms with Crippen molar-refractivity contribution in [3.63, 3.8) is 0 Å². The van der Waals surface area contributed by atoms with Crippen molar-refractivity contribution in [1.29, 1.82) is 0 Å². The van der Waals surface area contributed by atoms with E-state index in [1.807, 2.05) is 36.4 Å². The number of rotatable bonds is 8. The molecule has 1 aliphatic carbocycles. The van der Waals surface area contributed by atoms with Gasteiger partial charge in [-0.25, -0.2) is 14.6 Å². The first-order valence-electron chi connectivity index (χ1n) is 11.4. The second-order valence-corrected chi connectivity index (χ2v) is 8.48. The molecular formula is C27H28N2O6. The average Bonchev–Trinajstić information content (AvgIpc) is 3.20. The number of nitrogens with zero attached hydrogens (tertiary/aromatic N) is 1. The van der Waals surface area contributed by atoms with Crippen molar-refractivity contribution in [2.24, 2.45) is 0 Å². The maximum atomic E-state index is 12.3. The number of nitrogens with one attached hydrogen (secondary N) is 1. The van der Waals surface area contributed by atoms with Gasteiger partial charge in [-0.3, -0.25) is 0 Å². The van der Waals surface area contributed by atoms with E-state index in [1.54, 1.807) is 13.0 Å². The predicted molar refractivity (Wildman–Crippen MR) is 129 cm³/mol. The summed E-state index contributed by atoms with van der Waals surface area (Å²) in [6.45, 7) is 1.98. The average molecular weight is 477 g/mol. The molecule has 0 saturated carbocycles. The summed E-state index contributed by atoms with van der Waals surface area (Å²) < 4.78 is 10.1. The maximum Gasteiger partial charge on any atom is 0.407 e. The van der Waals surface area contributed by atoms with Crippen LogP contribution in [0.5, 0.6) is 0 Å². The first-order valence-corrected chi connectivity index (χ1v) is 11.4. The van der Waals surface area contributed by atoms with Gasteiger partial charge in [-0.1, -0.05) is 48.5 Å². The van der Waals surface area contributed by atoms with E-state index >= 15 is 0 Å². The second-order valence-electron chi connectivity index (χ2n) is 8.48. The number of fused-ring (bicyclic) bond motifs is 3. The third-order valence-electron chi connectivity index (χ3n) is 6.24. The summed E-state index contributed by atoms with van der Waals surface area (Å²) in [4.78, 5) is 28.0. The van der Waals surface area contributed by atoms with Gasteiger partial charge >= 0.3 is 12.1 Å². The van der Waals surface area contributed by atoms with Gasteiger partial charge in [-0.05, 0) is 47.2 Å². The molecule has 3 N–H and O–H groups in total. The Kier molecular flexibility index (Phi) is 7.43. The highest BCUT2D eigenvalue weighted by Crippen LogP contribution is 2.44. The number of aromatic nitrogens is 1. The zero-order valence-electron chi connectivity index (χ0n) is 19.6. The molecule has 0 fully saturated rings. The summed E-state index contributed by atoms with van der Waals surface area (Å²) in [5.74, 6) is -0.611. The molecule has 0 spiro atoms. The minimum atomic E-state index is -1.22. The number of benzene rings is 2. The summed E-state index contributed by atoms with van der Waals surface area (Å²) in [6.07, 6.45) is -1.53. The molecule has 1 aromatic heterocycles. The van der Waals surface area contributed by atoms with Crippen LogP contribution in [-0.2, 0) is 9.47 Å². The number of methoxy groups -OCH3 is 1. The summed E-state index contributed by atoms with van der Waals surface area (Å²) >= 11 is 0.